The van der Waals surface area contributed by atoms with Crippen LogP contribution in [0.1, 0.15) is 103 Å². The van der Waals surface area contributed by atoms with Crippen LogP contribution in [0.15, 0.2) is 12.2 Å². The van der Waals surface area contributed by atoms with Gasteiger partial charge in [0.15, 0.2) is 0 Å². The van der Waals surface area contributed by atoms with Crippen molar-refractivity contribution in [2.24, 2.45) is 11.8 Å². The fourth-order valence-corrected chi connectivity index (χ4v) is 5.32. The van der Waals surface area contributed by atoms with Crippen molar-refractivity contribution < 1.29 is 23.7 Å². The number of fused-ring (bicyclic) bond motifs is 4. The van der Waals surface area contributed by atoms with E-state index in [1.807, 2.05) is 0 Å². The lowest BCUT2D eigenvalue weighted by Gasteiger charge is -2.43. The van der Waals surface area contributed by atoms with E-state index < -0.39 is 5.79 Å². The Labute approximate surface area is 195 Å². The first-order valence-corrected chi connectivity index (χ1v) is 13.4. The van der Waals surface area contributed by atoms with E-state index in [9.17, 15) is 4.79 Å². The van der Waals surface area contributed by atoms with Crippen LogP contribution in [0.4, 0.5) is 0 Å². The molecule has 0 aromatic carbocycles. The second-order valence-corrected chi connectivity index (χ2v) is 10.0. The van der Waals surface area contributed by atoms with Crippen molar-refractivity contribution in [1.29, 1.82) is 0 Å². The molecule has 1 aliphatic carbocycles. The molecular weight excluding hydrogens is 404 g/mol. The zero-order valence-electron chi connectivity index (χ0n) is 20.5. The smallest absolute Gasteiger partial charge is 0.305 e. The molecule has 1 saturated carbocycles. The normalized spacial score (nSPS) is 30.6. The molecule has 5 unspecified atom stereocenters. The van der Waals surface area contributed by atoms with Crippen LogP contribution in [0.3, 0.4) is 0 Å². The molecular formula is C27H46O5. The van der Waals surface area contributed by atoms with Crippen LogP contribution in [0, 0.1) is 11.8 Å². The van der Waals surface area contributed by atoms with Gasteiger partial charge in [0, 0.05) is 25.4 Å². The Balaban J connectivity index is 1.07. The summed E-state index contributed by atoms with van der Waals surface area (Å²) in [6.07, 6.45) is 23.0. The van der Waals surface area contributed by atoms with E-state index in [0.717, 1.165) is 19.3 Å². The lowest BCUT2D eigenvalue weighted by Crippen LogP contribution is -2.58. The number of epoxide rings is 1. The van der Waals surface area contributed by atoms with Crippen LogP contribution >= 0.6 is 0 Å². The number of hydrogen-bond donors (Lipinski definition) is 0. The highest BCUT2D eigenvalue weighted by atomic mass is 16.8. The molecule has 3 aliphatic rings. The molecule has 5 nitrogen and oxygen atoms in total. The summed E-state index contributed by atoms with van der Waals surface area (Å²) in [5, 5.41) is 0. The van der Waals surface area contributed by atoms with E-state index >= 15 is 0 Å². The number of hydrogen-bond acceptors (Lipinski definition) is 5. The highest BCUT2D eigenvalue weighted by Crippen LogP contribution is 2.62. The minimum Gasteiger partial charge on any atom is -0.465 e. The molecule has 2 heterocycles. The zero-order chi connectivity index (χ0) is 22.7. The third-order valence-electron chi connectivity index (χ3n) is 7.38. The van der Waals surface area contributed by atoms with Gasteiger partial charge in [0.2, 0.25) is 5.79 Å². The number of unbranched alkanes of at least 4 members (excludes halogenated alkanes) is 11. The van der Waals surface area contributed by atoms with E-state index in [1.54, 1.807) is 7.11 Å². The van der Waals surface area contributed by atoms with Gasteiger partial charge in [-0.1, -0.05) is 70.4 Å². The van der Waals surface area contributed by atoms with Gasteiger partial charge < -0.3 is 18.9 Å². The summed E-state index contributed by atoms with van der Waals surface area (Å²) < 4.78 is 22.5. The number of esters is 1. The Hall–Kier alpha value is -0.910. The first kappa shape index (κ1) is 25.7. The van der Waals surface area contributed by atoms with Gasteiger partial charge in [-0.2, -0.15) is 0 Å². The van der Waals surface area contributed by atoms with E-state index in [4.69, 9.17) is 18.9 Å². The van der Waals surface area contributed by atoms with Crippen LogP contribution in [-0.4, -0.2) is 44.3 Å². The van der Waals surface area contributed by atoms with Crippen molar-refractivity contribution in [3.8, 4) is 0 Å². The summed E-state index contributed by atoms with van der Waals surface area (Å²) in [4.78, 5) is 12.0. The quantitative estimate of drug-likeness (QED) is 0.105. The van der Waals surface area contributed by atoms with Crippen molar-refractivity contribution in [3.63, 3.8) is 0 Å². The van der Waals surface area contributed by atoms with E-state index in [-0.39, 0.29) is 24.1 Å². The van der Waals surface area contributed by atoms with Gasteiger partial charge in [0.25, 0.3) is 0 Å². The van der Waals surface area contributed by atoms with Gasteiger partial charge in [-0.15, -0.1) is 0 Å². The van der Waals surface area contributed by atoms with Crippen LogP contribution in [0.5, 0.6) is 0 Å². The minimum atomic E-state index is -0.448. The van der Waals surface area contributed by atoms with Crippen LogP contribution < -0.4 is 0 Å². The van der Waals surface area contributed by atoms with E-state index in [1.165, 1.54) is 70.6 Å². The summed E-state index contributed by atoms with van der Waals surface area (Å²) in [7, 11) is 1.68. The van der Waals surface area contributed by atoms with Gasteiger partial charge in [0.1, 0.15) is 12.2 Å². The average molecular weight is 451 g/mol. The maximum atomic E-state index is 12.0. The summed E-state index contributed by atoms with van der Waals surface area (Å²) >= 11 is 0. The predicted octanol–water partition coefficient (Wildman–Crippen LogP) is 6.34. The molecule has 3 fully saturated rings. The predicted molar refractivity (Wildman–Crippen MR) is 126 cm³/mol. The Bertz CT molecular complexity index is 576. The number of carbonyl (C=O) groups excluding carboxylic acids is 1. The first-order chi connectivity index (χ1) is 15.7. The fraction of sp³-hybridized carbons (Fsp3) is 0.889. The van der Waals surface area contributed by atoms with Gasteiger partial charge in [0.05, 0.1) is 13.2 Å². The molecule has 0 aromatic heterocycles. The van der Waals surface area contributed by atoms with Crippen molar-refractivity contribution in [2.75, 3.05) is 20.3 Å². The van der Waals surface area contributed by atoms with Gasteiger partial charge >= 0.3 is 5.97 Å². The third kappa shape index (κ3) is 7.30. The maximum absolute atomic E-state index is 12.0. The van der Waals surface area contributed by atoms with Crippen molar-refractivity contribution in [3.05, 3.63) is 12.2 Å². The van der Waals surface area contributed by atoms with Crippen molar-refractivity contribution in [2.45, 2.75) is 121 Å². The molecule has 0 N–H and O–H groups in total. The van der Waals surface area contributed by atoms with E-state index in [2.05, 4.69) is 19.1 Å². The largest absolute Gasteiger partial charge is 0.465 e. The summed E-state index contributed by atoms with van der Waals surface area (Å²) in [5.41, 5.74) is 0. The second-order valence-electron chi connectivity index (χ2n) is 10.0. The van der Waals surface area contributed by atoms with Crippen LogP contribution in [-0.2, 0) is 23.7 Å². The molecule has 0 spiro atoms. The highest BCUT2D eigenvalue weighted by Gasteiger charge is 2.79. The van der Waals surface area contributed by atoms with E-state index in [0.29, 0.717) is 25.6 Å². The van der Waals surface area contributed by atoms with Crippen molar-refractivity contribution in [1.82, 2.24) is 0 Å². The van der Waals surface area contributed by atoms with Crippen molar-refractivity contribution >= 4 is 5.97 Å². The topological polar surface area (TPSA) is 57.3 Å². The molecule has 0 aromatic rings. The monoisotopic (exact) mass is 450 g/mol. The fourth-order valence-electron chi connectivity index (χ4n) is 5.32. The standard InChI is InChI=1S/C27H46O5/c1-3-4-5-6-7-8-9-10-11-12-13-14-15-16-17-18-24(28)30-20-22-19-23-25(31-21-22)27(29-2)26(23)32-27/h10-11,22-23,25-26H,3-9,12-21H2,1-2H3/b11-10-. The first-order valence-electron chi connectivity index (χ1n) is 13.4. The average Bonchev–Trinajstić information content (AvgIpc) is 3.47. The third-order valence-corrected chi connectivity index (χ3v) is 7.38. The lowest BCUT2D eigenvalue weighted by atomic mass is 9.72. The molecule has 2 aliphatic heterocycles. The summed E-state index contributed by atoms with van der Waals surface area (Å²) in [5.74, 6) is 0.175. The lowest BCUT2D eigenvalue weighted by molar-refractivity contribution is -0.202. The Morgan fingerprint density at radius 3 is 2.28 bits per heavy atom. The minimum absolute atomic E-state index is 0.0627. The number of methoxy groups -OCH3 is 1. The molecule has 2 saturated heterocycles. The van der Waals surface area contributed by atoms with Gasteiger partial charge in [-0.3, -0.25) is 4.79 Å². The molecule has 3 rings (SSSR count). The van der Waals surface area contributed by atoms with Crippen LogP contribution in [0.25, 0.3) is 0 Å². The SMILES string of the molecule is CCCCCCCC/C=C\CCCCCCCC(=O)OCC1COC2C(C1)C1OC21OC. The zero-order valence-corrected chi connectivity index (χ0v) is 20.5. The molecule has 184 valence electrons. The number of ether oxygens (including phenoxy) is 4. The molecule has 5 atom stereocenters. The number of carbonyl (C=O) groups is 1. The summed E-state index contributed by atoms with van der Waals surface area (Å²) in [6.45, 7) is 3.37. The number of allylic oxidation sites excluding steroid dienone is 2. The number of rotatable bonds is 18. The molecule has 0 bridgehead atoms. The molecule has 32 heavy (non-hydrogen) atoms. The Morgan fingerprint density at radius 1 is 0.938 bits per heavy atom. The van der Waals surface area contributed by atoms with Gasteiger partial charge in [-0.05, 0) is 38.5 Å². The Kier molecular flexibility index (Phi) is 11.0. The highest BCUT2D eigenvalue weighted by molar-refractivity contribution is 5.69. The Morgan fingerprint density at radius 2 is 1.59 bits per heavy atom. The van der Waals surface area contributed by atoms with Gasteiger partial charge in [-0.25, -0.2) is 0 Å². The molecule has 0 radical (unpaired) electrons. The second kappa shape index (κ2) is 13.7. The summed E-state index contributed by atoms with van der Waals surface area (Å²) in [6, 6.07) is 0. The molecule has 5 heteroatoms. The molecule has 0 amide bonds. The van der Waals surface area contributed by atoms with Crippen LogP contribution in [0.2, 0.25) is 0 Å². The maximum Gasteiger partial charge on any atom is 0.305 e.